The van der Waals surface area contributed by atoms with Gasteiger partial charge in [0, 0.05) is 16.6 Å². The summed E-state index contributed by atoms with van der Waals surface area (Å²) in [6.07, 6.45) is 0.927. The van der Waals surface area contributed by atoms with Gasteiger partial charge >= 0.3 is 10.1 Å². The van der Waals surface area contributed by atoms with E-state index in [1.807, 2.05) is 0 Å². The van der Waals surface area contributed by atoms with Crippen LogP contribution in [0.3, 0.4) is 0 Å². The molecule has 0 aliphatic heterocycles. The Morgan fingerprint density at radius 2 is 1.88 bits per heavy atom. The zero-order valence-corrected chi connectivity index (χ0v) is 16.1. The molecule has 0 heterocycles. The Morgan fingerprint density at radius 3 is 2.46 bits per heavy atom. The largest absolute Gasteiger partial charge is 0.382 e. The molecule has 2 aromatic carbocycles. The third-order valence-electron chi connectivity index (χ3n) is 3.59. The van der Waals surface area contributed by atoms with Crippen LogP contribution in [0.5, 0.6) is 5.75 Å². The highest BCUT2D eigenvalue weighted by molar-refractivity contribution is 7.86. The fourth-order valence-electron chi connectivity index (χ4n) is 2.38. The summed E-state index contributed by atoms with van der Waals surface area (Å²) in [5, 5.41) is 0.364. The van der Waals surface area contributed by atoms with Crippen molar-refractivity contribution in [3.05, 3.63) is 64.4 Å². The van der Waals surface area contributed by atoms with E-state index < -0.39 is 21.8 Å². The van der Waals surface area contributed by atoms with E-state index in [-0.39, 0.29) is 23.9 Å². The molecule has 0 aliphatic rings. The van der Waals surface area contributed by atoms with E-state index in [2.05, 4.69) is 0 Å². The maximum Gasteiger partial charge on any atom is 0.306 e. The molecule has 0 bridgehead atoms. The highest BCUT2D eigenvalue weighted by atomic mass is 35.5. The van der Waals surface area contributed by atoms with Crippen molar-refractivity contribution in [3.63, 3.8) is 0 Å². The standard InChI is InChI=1S/C18H19ClFNO4S/c1-12(2)21(18(22)15-6-4-5-7-16(15)20)11-13-10-14(19)8-9-17(13)25-26(3,23)24/h4-10,12H,11H2,1-3H3. The number of carbonyl (C=O) groups excluding carboxylic acids is 1. The first-order chi connectivity index (χ1) is 12.1. The molecule has 0 N–H and O–H groups in total. The Bertz CT molecular complexity index is 915. The Morgan fingerprint density at radius 1 is 1.23 bits per heavy atom. The van der Waals surface area contributed by atoms with Crippen molar-refractivity contribution in [3.8, 4) is 5.75 Å². The van der Waals surface area contributed by atoms with Gasteiger partial charge in [0.1, 0.15) is 11.6 Å². The maximum atomic E-state index is 14.0. The van der Waals surface area contributed by atoms with E-state index in [0.29, 0.717) is 10.6 Å². The van der Waals surface area contributed by atoms with Crippen molar-refractivity contribution < 1.29 is 21.8 Å². The monoisotopic (exact) mass is 399 g/mol. The van der Waals surface area contributed by atoms with Gasteiger partial charge in [-0.1, -0.05) is 23.7 Å². The lowest BCUT2D eigenvalue weighted by atomic mass is 10.1. The van der Waals surface area contributed by atoms with Crippen molar-refractivity contribution in [1.29, 1.82) is 0 Å². The molecular weight excluding hydrogens is 381 g/mol. The summed E-state index contributed by atoms with van der Waals surface area (Å²) in [5.74, 6) is -1.06. The summed E-state index contributed by atoms with van der Waals surface area (Å²) in [6, 6.07) is 9.85. The van der Waals surface area contributed by atoms with Crippen LogP contribution in [0.4, 0.5) is 4.39 Å². The number of hydrogen-bond acceptors (Lipinski definition) is 4. The number of amides is 1. The molecule has 0 aromatic heterocycles. The van der Waals surface area contributed by atoms with Gasteiger partial charge in [-0.2, -0.15) is 8.42 Å². The van der Waals surface area contributed by atoms with Crippen LogP contribution in [-0.2, 0) is 16.7 Å². The summed E-state index contributed by atoms with van der Waals surface area (Å²) >= 11 is 6.00. The lowest BCUT2D eigenvalue weighted by molar-refractivity contribution is 0.0685. The van der Waals surface area contributed by atoms with Crippen LogP contribution in [0.2, 0.25) is 5.02 Å². The van der Waals surface area contributed by atoms with Gasteiger partial charge in [0.05, 0.1) is 18.4 Å². The predicted molar refractivity (Wildman–Crippen MR) is 98.3 cm³/mol. The van der Waals surface area contributed by atoms with E-state index in [9.17, 15) is 17.6 Å². The van der Waals surface area contributed by atoms with Gasteiger partial charge in [0.25, 0.3) is 5.91 Å². The van der Waals surface area contributed by atoms with Crippen LogP contribution in [0.1, 0.15) is 29.8 Å². The third-order valence-corrected chi connectivity index (χ3v) is 4.31. The molecule has 1 amide bonds. The van der Waals surface area contributed by atoms with E-state index in [1.54, 1.807) is 19.9 Å². The highest BCUT2D eigenvalue weighted by Gasteiger charge is 2.23. The topological polar surface area (TPSA) is 63.7 Å². The zero-order chi connectivity index (χ0) is 19.5. The van der Waals surface area contributed by atoms with E-state index in [0.717, 1.165) is 6.26 Å². The Kier molecular flexibility index (Phi) is 6.26. The molecule has 0 saturated carbocycles. The van der Waals surface area contributed by atoms with Gasteiger partial charge in [0.15, 0.2) is 0 Å². The van der Waals surface area contributed by atoms with E-state index in [4.69, 9.17) is 15.8 Å². The molecule has 5 nitrogen and oxygen atoms in total. The second-order valence-electron chi connectivity index (χ2n) is 6.05. The summed E-state index contributed by atoms with van der Waals surface area (Å²) < 4.78 is 41.9. The first-order valence-electron chi connectivity index (χ1n) is 7.82. The summed E-state index contributed by atoms with van der Waals surface area (Å²) in [6.45, 7) is 3.57. The molecule has 2 rings (SSSR count). The van der Waals surface area contributed by atoms with E-state index in [1.165, 1.54) is 41.3 Å². The Balaban J connectivity index is 2.41. The number of carbonyl (C=O) groups is 1. The quantitative estimate of drug-likeness (QED) is 0.692. The smallest absolute Gasteiger partial charge is 0.306 e. The second kappa shape index (κ2) is 8.05. The van der Waals surface area contributed by atoms with Crippen molar-refractivity contribution >= 4 is 27.6 Å². The summed E-state index contributed by atoms with van der Waals surface area (Å²) in [4.78, 5) is 14.2. The number of rotatable bonds is 6. The summed E-state index contributed by atoms with van der Waals surface area (Å²) in [5.41, 5.74) is 0.343. The third kappa shape index (κ3) is 5.19. The van der Waals surface area contributed by atoms with Crippen LogP contribution in [0.25, 0.3) is 0 Å². The van der Waals surface area contributed by atoms with Crippen LogP contribution in [0.15, 0.2) is 42.5 Å². The van der Waals surface area contributed by atoms with Crippen molar-refractivity contribution in [2.24, 2.45) is 0 Å². The molecule has 0 fully saturated rings. The minimum atomic E-state index is -3.75. The molecule has 26 heavy (non-hydrogen) atoms. The van der Waals surface area contributed by atoms with Gasteiger partial charge in [0.2, 0.25) is 0 Å². The van der Waals surface area contributed by atoms with Gasteiger partial charge in [-0.3, -0.25) is 4.79 Å². The fourth-order valence-corrected chi connectivity index (χ4v) is 3.06. The maximum absolute atomic E-state index is 14.0. The van der Waals surface area contributed by atoms with Crippen LogP contribution >= 0.6 is 11.6 Å². The van der Waals surface area contributed by atoms with Crippen LogP contribution < -0.4 is 4.18 Å². The van der Waals surface area contributed by atoms with Gasteiger partial charge in [-0.05, 0) is 44.2 Å². The number of nitrogens with zero attached hydrogens (tertiary/aromatic N) is 1. The van der Waals surface area contributed by atoms with Crippen molar-refractivity contribution in [2.45, 2.75) is 26.4 Å². The molecular formula is C18H19ClFNO4S. The summed E-state index contributed by atoms with van der Waals surface area (Å²) in [7, 11) is -3.75. The van der Waals surface area contributed by atoms with E-state index >= 15 is 0 Å². The minimum Gasteiger partial charge on any atom is -0.382 e. The van der Waals surface area contributed by atoms with Crippen molar-refractivity contribution in [2.75, 3.05) is 6.26 Å². The number of halogens is 2. The SMILES string of the molecule is CC(C)N(Cc1cc(Cl)ccc1OS(C)(=O)=O)C(=O)c1ccccc1F. The predicted octanol–water partition coefficient (Wildman–Crippen LogP) is 3.87. The average molecular weight is 400 g/mol. The first-order valence-corrected chi connectivity index (χ1v) is 10.0. The molecule has 140 valence electrons. The molecule has 0 spiro atoms. The molecule has 0 saturated heterocycles. The molecule has 8 heteroatoms. The lowest BCUT2D eigenvalue weighted by Gasteiger charge is -2.28. The van der Waals surface area contributed by atoms with Crippen molar-refractivity contribution in [1.82, 2.24) is 4.90 Å². The van der Waals surface area contributed by atoms with Crippen LogP contribution in [0, 0.1) is 5.82 Å². The zero-order valence-electron chi connectivity index (χ0n) is 14.6. The lowest BCUT2D eigenvalue weighted by Crippen LogP contribution is -2.37. The van der Waals surface area contributed by atoms with Gasteiger partial charge in [-0.25, -0.2) is 4.39 Å². The Hall–Kier alpha value is -2.12. The molecule has 2 aromatic rings. The normalized spacial score (nSPS) is 11.5. The average Bonchev–Trinajstić information content (AvgIpc) is 2.53. The fraction of sp³-hybridized carbons (Fsp3) is 0.278. The number of benzene rings is 2. The molecule has 0 unspecified atom stereocenters. The second-order valence-corrected chi connectivity index (χ2v) is 8.06. The highest BCUT2D eigenvalue weighted by Crippen LogP contribution is 2.27. The number of hydrogen-bond donors (Lipinski definition) is 0. The molecule has 0 radical (unpaired) electrons. The Labute approximate surface area is 157 Å². The first kappa shape index (κ1) is 20.2. The molecule has 0 aliphatic carbocycles. The minimum absolute atomic E-state index is 0.0102. The molecule has 0 atom stereocenters. The van der Waals surface area contributed by atoms with Gasteiger partial charge in [-0.15, -0.1) is 0 Å². The van der Waals surface area contributed by atoms with Crippen LogP contribution in [-0.4, -0.2) is 31.5 Å². The van der Waals surface area contributed by atoms with Gasteiger partial charge < -0.3 is 9.08 Å².